The number of methoxy groups -OCH3 is 1. The van der Waals surface area contributed by atoms with Gasteiger partial charge in [-0.2, -0.15) is 0 Å². The van der Waals surface area contributed by atoms with Crippen LogP contribution in [0.4, 0.5) is 5.69 Å². The van der Waals surface area contributed by atoms with Gasteiger partial charge in [0.05, 0.1) is 23.4 Å². The summed E-state index contributed by atoms with van der Waals surface area (Å²) in [6.45, 7) is 0.411. The van der Waals surface area contributed by atoms with Crippen LogP contribution in [0.1, 0.15) is 15.9 Å². The molecule has 0 aliphatic rings. The number of aromatic nitrogens is 1. The van der Waals surface area contributed by atoms with Gasteiger partial charge in [-0.25, -0.2) is 17.2 Å². The third-order valence-electron chi connectivity index (χ3n) is 3.92. The molecule has 3 aromatic rings. The fourth-order valence-corrected chi connectivity index (χ4v) is 4.30. The molecular formula is C19H17ClN2O4S. The minimum Gasteiger partial charge on any atom is -0.465 e. The molecule has 0 bridgehead atoms. The topological polar surface area (TPSA) is 77.4 Å². The molecule has 1 N–H and O–H groups in total. The van der Waals surface area contributed by atoms with Gasteiger partial charge >= 0.3 is 5.97 Å². The lowest BCUT2D eigenvalue weighted by molar-refractivity contribution is 0.0600. The van der Waals surface area contributed by atoms with Gasteiger partial charge in [0.2, 0.25) is 0 Å². The number of halogens is 1. The summed E-state index contributed by atoms with van der Waals surface area (Å²) in [5.74, 6) is -0.654. The number of nitrogens with one attached hydrogen (secondary N) is 1. The highest BCUT2D eigenvalue weighted by molar-refractivity contribution is 7.90. The van der Waals surface area contributed by atoms with Crippen molar-refractivity contribution in [3.05, 3.63) is 83.1 Å². The second-order valence-electron chi connectivity index (χ2n) is 5.68. The van der Waals surface area contributed by atoms with Crippen molar-refractivity contribution in [2.24, 2.45) is 0 Å². The van der Waals surface area contributed by atoms with Crippen molar-refractivity contribution in [2.45, 2.75) is 11.4 Å². The lowest BCUT2D eigenvalue weighted by Gasteiger charge is -2.15. The number of ether oxygens (including phenoxy) is 1. The largest absolute Gasteiger partial charge is 0.465 e. The fraction of sp³-hybridized carbons (Fsp3) is 0.105. The molecule has 0 amide bonds. The highest BCUT2D eigenvalue weighted by Gasteiger charge is 2.24. The molecule has 0 radical (unpaired) electrons. The first-order valence-electron chi connectivity index (χ1n) is 8.01. The van der Waals surface area contributed by atoms with E-state index in [1.54, 1.807) is 12.1 Å². The number of carbonyl (C=O) groups excluding carboxylic acids is 1. The van der Waals surface area contributed by atoms with Gasteiger partial charge < -0.3 is 10.1 Å². The summed E-state index contributed by atoms with van der Waals surface area (Å²) in [6.07, 6.45) is 2.79. The fourth-order valence-electron chi connectivity index (χ4n) is 2.54. The van der Waals surface area contributed by atoms with E-state index in [0.717, 1.165) is 9.54 Å². The Morgan fingerprint density at radius 2 is 1.78 bits per heavy atom. The molecule has 0 saturated carbocycles. The van der Waals surface area contributed by atoms with E-state index < -0.39 is 16.0 Å². The third kappa shape index (κ3) is 3.99. The summed E-state index contributed by atoms with van der Waals surface area (Å²) < 4.78 is 31.6. The molecule has 27 heavy (non-hydrogen) atoms. The highest BCUT2D eigenvalue weighted by atomic mass is 35.5. The molecule has 0 spiro atoms. The summed E-state index contributed by atoms with van der Waals surface area (Å²) in [5, 5.41) is 3.10. The Morgan fingerprint density at radius 3 is 2.41 bits per heavy atom. The zero-order valence-electron chi connectivity index (χ0n) is 14.4. The maximum absolute atomic E-state index is 12.9. The van der Waals surface area contributed by atoms with E-state index in [0.29, 0.717) is 12.2 Å². The number of rotatable bonds is 6. The smallest absolute Gasteiger partial charge is 0.337 e. The molecule has 6 nitrogen and oxygen atoms in total. The monoisotopic (exact) mass is 404 g/mol. The van der Waals surface area contributed by atoms with Gasteiger partial charge in [-0.05, 0) is 29.8 Å². The van der Waals surface area contributed by atoms with Gasteiger partial charge in [-0.15, -0.1) is 0 Å². The van der Waals surface area contributed by atoms with Gasteiger partial charge in [0.25, 0.3) is 10.0 Å². The zero-order valence-corrected chi connectivity index (χ0v) is 16.0. The molecule has 3 rings (SSSR count). The van der Waals surface area contributed by atoms with E-state index in [9.17, 15) is 13.2 Å². The molecule has 0 atom stereocenters. The van der Waals surface area contributed by atoms with Crippen LogP contribution >= 0.6 is 11.6 Å². The molecule has 140 valence electrons. The summed E-state index contributed by atoms with van der Waals surface area (Å²) in [7, 11) is -2.73. The molecule has 0 aliphatic heterocycles. The average Bonchev–Trinajstić information content (AvgIpc) is 3.23. The second-order valence-corrected chi connectivity index (χ2v) is 7.87. The molecule has 0 saturated heterocycles. The summed E-state index contributed by atoms with van der Waals surface area (Å²) in [6, 6.07) is 15.4. The maximum atomic E-state index is 12.9. The minimum absolute atomic E-state index is 0.00674. The molecular weight excluding hydrogens is 388 g/mol. The van der Waals surface area contributed by atoms with E-state index in [1.165, 1.54) is 31.6 Å². The predicted molar refractivity (Wildman–Crippen MR) is 104 cm³/mol. The summed E-state index contributed by atoms with van der Waals surface area (Å²) in [4.78, 5) is 11.8. The van der Waals surface area contributed by atoms with E-state index in [4.69, 9.17) is 16.3 Å². The standard InChI is InChI=1S/C19H17ClN2O4S/c1-26-19(23)15-11-16(21-13-14-7-3-2-4-8-14)18(20)17(12-15)27(24,25)22-9-5-6-10-22/h2-12,21H,13H2,1H3. The quantitative estimate of drug-likeness (QED) is 0.632. The maximum Gasteiger partial charge on any atom is 0.337 e. The molecule has 1 heterocycles. The van der Waals surface area contributed by atoms with Crippen LogP contribution in [-0.4, -0.2) is 25.5 Å². The second kappa shape index (κ2) is 7.85. The Labute approximate surface area is 162 Å². The minimum atomic E-state index is -3.96. The number of hydrogen-bond donors (Lipinski definition) is 1. The van der Waals surface area contributed by atoms with Crippen molar-refractivity contribution < 1.29 is 17.9 Å². The number of nitrogens with zero attached hydrogens (tertiary/aromatic N) is 1. The number of benzene rings is 2. The Kier molecular flexibility index (Phi) is 5.53. The Hall–Kier alpha value is -2.77. The van der Waals surface area contributed by atoms with E-state index in [-0.39, 0.29) is 15.5 Å². The van der Waals surface area contributed by atoms with Crippen molar-refractivity contribution in [1.82, 2.24) is 3.97 Å². The first kappa shape index (κ1) is 19.0. The molecule has 0 fully saturated rings. The van der Waals surface area contributed by atoms with Crippen LogP contribution in [-0.2, 0) is 21.3 Å². The predicted octanol–water partition coefficient (Wildman–Crippen LogP) is 3.78. The van der Waals surface area contributed by atoms with Gasteiger partial charge in [0.1, 0.15) is 4.90 Å². The molecule has 8 heteroatoms. The van der Waals surface area contributed by atoms with E-state index in [1.807, 2.05) is 30.3 Å². The van der Waals surface area contributed by atoms with Crippen LogP contribution in [0, 0.1) is 0 Å². The Balaban J connectivity index is 2.06. The normalized spacial score (nSPS) is 11.2. The summed E-state index contributed by atoms with van der Waals surface area (Å²) in [5.41, 5.74) is 1.39. The van der Waals surface area contributed by atoms with Crippen molar-refractivity contribution in [1.29, 1.82) is 0 Å². The van der Waals surface area contributed by atoms with Crippen LogP contribution in [0.5, 0.6) is 0 Å². The highest BCUT2D eigenvalue weighted by Crippen LogP contribution is 2.33. The Morgan fingerprint density at radius 1 is 1.11 bits per heavy atom. The number of esters is 1. The number of hydrogen-bond acceptors (Lipinski definition) is 5. The van der Waals surface area contributed by atoms with Crippen LogP contribution in [0.25, 0.3) is 0 Å². The molecule has 0 unspecified atom stereocenters. The van der Waals surface area contributed by atoms with E-state index in [2.05, 4.69) is 5.32 Å². The van der Waals surface area contributed by atoms with Crippen molar-refractivity contribution in [3.63, 3.8) is 0 Å². The van der Waals surface area contributed by atoms with Crippen LogP contribution in [0.3, 0.4) is 0 Å². The lowest BCUT2D eigenvalue weighted by Crippen LogP contribution is -2.14. The Bertz CT molecular complexity index is 1050. The molecule has 1 aromatic heterocycles. The van der Waals surface area contributed by atoms with E-state index >= 15 is 0 Å². The average molecular weight is 405 g/mol. The number of anilines is 1. The number of carbonyl (C=O) groups is 1. The van der Waals surface area contributed by atoms with Crippen LogP contribution < -0.4 is 5.32 Å². The first-order chi connectivity index (χ1) is 12.9. The molecule has 2 aromatic carbocycles. The SMILES string of the molecule is COC(=O)c1cc(NCc2ccccc2)c(Cl)c(S(=O)(=O)n2cccc2)c1. The van der Waals surface area contributed by atoms with Crippen molar-refractivity contribution >= 4 is 33.3 Å². The van der Waals surface area contributed by atoms with Crippen LogP contribution in [0.15, 0.2) is 71.9 Å². The van der Waals surface area contributed by atoms with Crippen molar-refractivity contribution in [2.75, 3.05) is 12.4 Å². The van der Waals surface area contributed by atoms with Gasteiger partial charge in [-0.3, -0.25) is 0 Å². The third-order valence-corrected chi connectivity index (χ3v) is 6.11. The van der Waals surface area contributed by atoms with Gasteiger partial charge in [0, 0.05) is 18.9 Å². The first-order valence-corrected chi connectivity index (χ1v) is 9.83. The van der Waals surface area contributed by atoms with Crippen LogP contribution in [0.2, 0.25) is 5.02 Å². The summed E-state index contributed by atoms with van der Waals surface area (Å²) >= 11 is 6.39. The van der Waals surface area contributed by atoms with Gasteiger partial charge in [0.15, 0.2) is 0 Å². The molecule has 0 aliphatic carbocycles. The van der Waals surface area contributed by atoms with Gasteiger partial charge in [-0.1, -0.05) is 41.9 Å². The zero-order chi connectivity index (χ0) is 19.4. The lowest BCUT2D eigenvalue weighted by atomic mass is 10.2. The van der Waals surface area contributed by atoms with Crippen molar-refractivity contribution in [3.8, 4) is 0 Å².